The summed E-state index contributed by atoms with van der Waals surface area (Å²) < 4.78 is 17.2. The molecule has 1 aromatic heterocycles. The molecule has 4 unspecified atom stereocenters. The maximum absolute atomic E-state index is 12.2. The number of ether oxygens (including phenoxy) is 3. The Balaban J connectivity index is 1.65. The van der Waals surface area contributed by atoms with Crippen LogP contribution >= 0.6 is 0 Å². The Bertz CT molecular complexity index is 579. The van der Waals surface area contributed by atoms with Gasteiger partial charge in [0.1, 0.15) is 12.2 Å². The molecule has 1 N–H and O–H groups in total. The van der Waals surface area contributed by atoms with Crippen LogP contribution in [0.1, 0.15) is 51.8 Å². The number of hydrogen-bond donors (Lipinski definition) is 1. The van der Waals surface area contributed by atoms with E-state index in [9.17, 15) is 4.79 Å². The molecule has 0 bridgehead atoms. The Hall–Kier alpha value is -1.50. The second-order valence-electron chi connectivity index (χ2n) is 6.38. The number of anilines is 1. The Morgan fingerprint density at radius 3 is 2.96 bits per heavy atom. The molecule has 3 heterocycles. The molecule has 2 fully saturated rings. The van der Waals surface area contributed by atoms with Crippen LogP contribution in [0.25, 0.3) is 0 Å². The summed E-state index contributed by atoms with van der Waals surface area (Å²) in [6.45, 7) is 6.41. The zero-order valence-corrected chi connectivity index (χ0v) is 13.9. The van der Waals surface area contributed by atoms with Crippen LogP contribution in [0.3, 0.4) is 0 Å². The zero-order chi connectivity index (χ0) is 16.4. The average Bonchev–Trinajstić information content (AvgIpc) is 3.15. The van der Waals surface area contributed by atoms with Gasteiger partial charge in [-0.2, -0.15) is 0 Å². The Morgan fingerprint density at radius 1 is 1.48 bits per heavy atom. The van der Waals surface area contributed by atoms with Crippen molar-refractivity contribution in [3.63, 3.8) is 0 Å². The van der Waals surface area contributed by atoms with E-state index >= 15 is 0 Å². The van der Waals surface area contributed by atoms with Crippen LogP contribution in [-0.2, 0) is 19.0 Å². The summed E-state index contributed by atoms with van der Waals surface area (Å²) in [5.41, 5.74) is 1.47. The van der Waals surface area contributed by atoms with E-state index in [1.54, 1.807) is 12.3 Å². The molecule has 1 amide bonds. The van der Waals surface area contributed by atoms with E-state index in [1.165, 1.54) is 0 Å². The van der Waals surface area contributed by atoms with E-state index < -0.39 is 5.79 Å². The highest BCUT2D eigenvalue weighted by molar-refractivity contribution is 5.94. The first-order chi connectivity index (χ1) is 11.0. The van der Waals surface area contributed by atoms with Gasteiger partial charge in [-0.05, 0) is 45.2 Å². The van der Waals surface area contributed by atoms with Gasteiger partial charge in [-0.25, -0.2) is 0 Å². The molecule has 2 saturated heterocycles. The SMILES string of the molecule is CCC1(C)OCC(c2cc(NC(=O)C3CCC(C)O3)ccn2)O1. The predicted molar refractivity (Wildman–Crippen MR) is 84.9 cm³/mol. The number of pyridine rings is 1. The lowest BCUT2D eigenvalue weighted by Crippen LogP contribution is -2.27. The minimum Gasteiger partial charge on any atom is -0.365 e. The molecule has 0 spiro atoms. The smallest absolute Gasteiger partial charge is 0.253 e. The molecule has 126 valence electrons. The summed E-state index contributed by atoms with van der Waals surface area (Å²) in [6.07, 6.45) is 3.71. The van der Waals surface area contributed by atoms with Gasteiger partial charge in [0.25, 0.3) is 5.91 Å². The molecule has 2 aliphatic rings. The Labute approximate surface area is 136 Å². The molecule has 0 radical (unpaired) electrons. The van der Waals surface area contributed by atoms with Crippen LogP contribution in [-0.4, -0.2) is 35.5 Å². The van der Waals surface area contributed by atoms with Crippen LogP contribution in [0.4, 0.5) is 5.69 Å². The van der Waals surface area contributed by atoms with E-state index in [0.717, 1.165) is 25.0 Å². The second-order valence-corrected chi connectivity index (χ2v) is 6.38. The lowest BCUT2D eigenvalue weighted by atomic mass is 10.2. The highest BCUT2D eigenvalue weighted by atomic mass is 16.7. The third-order valence-corrected chi connectivity index (χ3v) is 4.48. The predicted octanol–water partition coefficient (Wildman–Crippen LogP) is 2.80. The molecule has 2 aliphatic heterocycles. The number of aromatic nitrogens is 1. The van der Waals surface area contributed by atoms with Crippen molar-refractivity contribution in [2.24, 2.45) is 0 Å². The quantitative estimate of drug-likeness (QED) is 0.924. The van der Waals surface area contributed by atoms with Crippen molar-refractivity contribution in [1.82, 2.24) is 4.98 Å². The van der Waals surface area contributed by atoms with Crippen molar-refractivity contribution in [1.29, 1.82) is 0 Å². The summed E-state index contributed by atoms with van der Waals surface area (Å²) in [5, 5.41) is 2.90. The molecular weight excluding hydrogens is 296 g/mol. The van der Waals surface area contributed by atoms with Crippen LogP contribution in [0, 0.1) is 0 Å². The maximum Gasteiger partial charge on any atom is 0.253 e. The minimum atomic E-state index is -0.556. The topological polar surface area (TPSA) is 69.7 Å². The minimum absolute atomic E-state index is 0.103. The number of nitrogens with zero attached hydrogens (tertiary/aromatic N) is 1. The van der Waals surface area contributed by atoms with Crippen LogP contribution in [0.5, 0.6) is 0 Å². The molecule has 0 saturated carbocycles. The standard InChI is InChI=1S/C17H24N2O4/c1-4-17(3)21-10-15(23-17)13-9-12(7-8-18-13)19-16(20)14-6-5-11(2)22-14/h7-9,11,14-15H,4-6,10H2,1-3H3,(H,18,19,20). The Morgan fingerprint density at radius 2 is 2.30 bits per heavy atom. The summed E-state index contributed by atoms with van der Waals surface area (Å²) in [7, 11) is 0. The van der Waals surface area contributed by atoms with E-state index in [-0.39, 0.29) is 24.2 Å². The first kappa shape index (κ1) is 16.4. The molecule has 1 aromatic rings. The molecule has 3 rings (SSSR count). The van der Waals surface area contributed by atoms with E-state index in [4.69, 9.17) is 14.2 Å². The zero-order valence-electron chi connectivity index (χ0n) is 13.9. The number of amides is 1. The number of nitrogens with one attached hydrogen (secondary N) is 1. The van der Waals surface area contributed by atoms with Gasteiger partial charge in [0.15, 0.2) is 5.79 Å². The molecule has 6 heteroatoms. The molecular formula is C17H24N2O4. The summed E-state index contributed by atoms with van der Waals surface area (Å²) in [5.74, 6) is -0.659. The van der Waals surface area contributed by atoms with Gasteiger partial charge in [-0.1, -0.05) is 6.92 Å². The van der Waals surface area contributed by atoms with Crippen LogP contribution in [0.15, 0.2) is 18.3 Å². The normalized spacial score (nSPS) is 33.8. The van der Waals surface area contributed by atoms with E-state index in [1.807, 2.05) is 26.8 Å². The highest BCUT2D eigenvalue weighted by Crippen LogP contribution is 2.34. The van der Waals surface area contributed by atoms with Crippen molar-refractivity contribution < 1.29 is 19.0 Å². The molecule has 23 heavy (non-hydrogen) atoms. The van der Waals surface area contributed by atoms with Crippen molar-refractivity contribution in [2.75, 3.05) is 11.9 Å². The van der Waals surface area contributed by atoms with Gasteiger partial charge < -0.3 is 19.5 Å². The first-order valence-electron chi connectivity index (χ1n) is 8.23. The average molecular weight is 320 g/mol. The van der Waals surface area contributed by atoms with Gasteiger partial charge in [0.05, 0.1) is 18.4 Å². The largest absolute Gasteiger partial charge is 0.365 e. The van der Waals surface area contributed by atoms with Crippen molar-refractivity contribution in [3.05, 3.63) is 24.0 Å². The van der Waals surface area contributed by atoms with Crippen molar-refractivity contribution in [3.8, 4) is 0 Å². The number of rotatable bonds is 4. The lowest BCUT2D eigenvalue weighted by molar-refractivity contribution is -0.156. The van der Waals surface area contributed by atoms with Gasteiger partial charge in [-0.3, -0.25) is 9.78 Å². The fourth-order valence-electron chi connectivity index (χ4n) is 2.87. The highest BCUT2D eigenvalue weighted by Gasteiger charge is 2.37. The summed E-state index contributed by atoms with van der Waals surface area (Å²) in [6, 6.07) is 3.61. The fraction of sp³-hybridized carbons (Fsp3) is 0.647. The number of carbonyl (C=O) groups excluding carboxylic acids is 1. The molecule has 0 aliphatic carbocycles. The molecule has 4 atom stereocenters. The van der Waals surface area contributed by atoms with Crippen LogP contribution < -0.4 is 5.32 Å². The van der Waals surface area contributed by atoms with Crippen molar-refractivity contribution in [2.45, 2.75) is 64.1 Å². The number of carbonyl (C=O) groups is 1. The first-order valence-corrected chi connectivity index (χ1v) is 8.23. The van der Waals surface area contributed by atoms with E-state index in [2.05, 4.69) is 10.3 Å². The second kappa shape index (κ2) is 6.55. The third kappa shape index (κ3) is 3.71. The monoisotopic (exact) mass is 320 g/mol. The summed E-state index contributed by atoms with van der Waals surface area (Å²) >= 11 is 0. The van der Waals surface area contributed by atoms with Gasteiger partial charge in [0, 0.05) is 11.9 Å². The molecule has 0 aromatic carbocycles. The fourth-order valence-corrected chi connectivity index (χ4v) is 2.87. The lowest BCUT2D eigenvalue weighted by Gasteiger charge is -2.21. The number of hydrogen-bond acceptors (Lipinski definition) is 5. The summed E-state index contributed by atoms with van der Waals surface area (Å²) in [4.78, 5) is 16.6. The Kier molecular flexibility index (Phi) is 4.66. The maximum atomic E-state index is 12.2. The van der Waals surface area contributed by atoms with Gasteiger partial charge in [0.2, 0.25) is 0 Å². The van der Waals surface area contributed by atoms with E-state index in [0.29, 0.717) is 12.3 Å². The van der Waals surface area contributed by atoms with Gasteiger partial charge >= 0.3 is 0 Å². The third-order valence-electron chi connectivity index (χ3n) is 4.48. The molecule has 6 nitrogen and oxygen atoms in total. The van der Waals surface area contributed by atoms with Gasteiger partial charge in [-0.15, -0.1) is 0 Å². The van der Waals surface area contributed by atoms with Crippen LogP contribution in [0.2, 0.25) is 0 Å². The van der Waals surface area contributed by atoms with Crippen molar-refractivity contribution >= 4 is 11.6 Å².